The zero-order valence-corrected chi connectivity index (χ0v) is 18.8. The van der Waals surface area contributed by atoms with Crippen molar-refractivity contribution in [2.24, 2.45) is 22.2 Å². The van der Waals surface area contributed by atoms with Crippen molar-refractivity contribution in [2.45, 2.75) is 83.6 Å². The molecule has 0 aromatic heterocycles. The summed E-state index contributed by atoms with van der Waals surface area (Å²) in [6.45, 7) is 19.0. The molecule has 1 aliphatic heterocycles. The van der Waals surface area contributed by atoms with E-state index in [1.165, 1.54) is 6.08 Å². The number of halogens is 1. The molecule has 0 unspecified atom stereocenters. The largest absolute Gasteiger partial charge is 0.344 e. The Labute approximate surface area is 166 Å². The minimum absolute atomic E-state index is 0.0610. The number of hydrogen-bond donors (Lipinski definition) is 0. The number of carbonyl (C=O) groups is 1. The number of ether oxygens (including phenoxy) is 2. The van der Waals surface area contributed by atoms with Gasteiger partial charge in [-0.1, -0.05) is 69.3 Å². The van der Waals surface area contributed by atoms with E-state index in [4.69, 9.17) is 9.47 Å². The Bertz CT molecular complexity index is 646. The van der Waals surface area contributed by atoms with Gasteiger partial charge in [0.25, 0.3) is 0 Å². The van der Waals surface area contributed by atoms with Crippen molar-refractivity contribution in [3.8, 4) is 0 Å². The highest BCUT2D eigenvalue weighted by Crippen LogP contribution is 2.79. The van der Waals surface area contributed by atoms with Gasteiger partial charge in [-0.05, 0) is 43.6 Å². The van der Waals surface area contributed by atoms with Gasteiger partial charge in [0.15, 0.2) is 11.6 Å². The quantitative estimate of drug-likeness (QED) is 0.342. The molecule has 26 heavy (non-hydrogen) atoms. The topological polar surface area (TPSA) is 35.5 Å². The zero-order chi connectivity index (χ0) is 19.8. The molecule has 3 nitrogen and oxygen atoms in total. The summed E-state index contributed by atoms with van der Waals surface area (Å²) in [6, 6.07) is 0. The van der Waals surface area contributed by atoms with E-state index in [1.807, 2.05) is 13.8 Å². The lowest BCUT2D eigenvalue weighted by Crippen LogP contribution is -2.52. The Morgan fingerprint density at radius 2 is 1.58 bits per heavy atom. The lowest BCUT2D eigenvalue weighted by atomic mass is 9.63. The molecule has 4 heteroatoms. The highest BCUT2D eigenvalue weighted by Gasteiger charge is 2.82. The summed E-state index contributed by atoms with van der Waals surface area (Å²) in [5.74, 6) is -0.700. The highest BCUT2D eigenvalue weighted by atomic mass is 79.9. The Morgan fingerprint density at radius 3 is 2.08 bits per heavy atom. The van der Waals surface area contributed by atoms with Crippen LogP contribution in [0.5, 0.6) is 0 Å². The molecule has 1 heterocycles. The summed E-state index contributed by atoms with van der Waals surface area (Å²) in [6.07, 6.45) is 7.00. The predicted molar refractivity (Wildman–Crippen MR) is 108 cm³/mol. The van der Waals surface area contributed by atoms with Gasteiger partial charge in [-0.2, -0.15) is 0 Å². The second-order valence-corrected chi connectivity index (χ2v) is 11.3. The second-order valence-electron chi connectivity index (χ2n) is 10.0. The van der Waals surface area contributed by atoms with Gasteiger partial charge in [-0.3, -0.25) is 4.79 Å². The van der Waals surface area contributed by atoms with Crippen molar-refractivity contribution in [1.29, 1.82) is 0 Å². The number of carbonyl (C=O) groups excluding carboxylic acids is 1. The third-order valence-corrected chi connectivity index (χ3v) is 10.3. The smallest absolute Gasteiger partial charge is 0.163 e. The first-order chi connectivity index (χ1) is 11.8. The van der Waals surface area contributed by atoms with Crippen LogP contribution in [0.3, 0.4) is 0 Å². The number of hydrogen-bond acceptors (Lipinski definition) is 3. The molecule has 3 rings (SSSR count). The molecule has 0 radical (unpaired) electrons. The van der Waals surface area contributed by atoms with E-state index in [0.29, 0.717) is 0 Å². The lowest BCUT2D eigenvalue weighted by molar-refractivity contribution is -0.163. The van der Waals surface area contributed by atoms with E-state index in [9.17, 15) is 4.79 Å². The van der Waals surface area contributed by atoms with E-state index in [0.717, 1.165) is 12.8 Å². The molecule has 0 N–H and O–H groups in total. The minimum atomic E-state index is -0.670. The van der Waals surface area contributed by atoms with Crippen LogP contribution in [0.15, 0.2) is 24.8 Å². The summed E-state index contributed by atoms with van der Waals surface area (Å²) >= 11 is 4.09. The minimum Gasteiger partial charge on any atom is -0.344 e. The van der Waals surface area contributed by atoms with Crippen LogP contribution in [-0.4, -0.2) is 28.1 Å². The van der Waals surface area contributed by atoms with Gasteiger partial charge in [0.2, 0.25) is 0 Å². The average molecular weight is 425 g/mol. The maximum atomic E-state index is 12.7. The van der Waals surface area contributed by atoms with Gasteiger partial charge in [0.1, 0.15) is 6.10 Å². The molecule has 0 bridgehead atoms. The monoisotopic (exact) mass is 424 g/mol. The normalized spacial score (nSPS) is 41.6. The number of ketones is 1. The van der Waals surface area contributed by atoms with Crippen LogP contribution in [0, 0.1) is 22.2 Å². The van der Waals surface area contributed by atoms with Crippen LogP contribution in [0.4, 0.5) is 0 Å². The summed E-state index contributed by atoms with van der Waals surface area (Å²) < 4.78 is 12.8. The molecule has 146 valence electrons. The summed E-state index contributed by atoms with van der Waals surface area (Å²) in [5, 5.41) is 0. The van der Waals surface area contributed by atoms with Crippen molar-refractivity contribution < 1.29 is 14.3 Å². The van der Waals surface area contributed by atoms with Crippen molar-refractivity contribution in [1.82, 2.24) is 0 Å². The van der Waals surface area contributed by atoms with Gasteiger partial charge < -0.3 is 9.47 Å². The molecule has 0 amide bonds. The van der Waals surface area contributed by atoms with Gasteiger partial charge in [-0.25, -0.2) is 0 Å². The molecule has 0 spiro atoms. The fourth-order valence-corrected chi connectivity index (χ4v) is 6.64. The highest BCUT2D eigenvalue weighted by molar-refractivity contribution is 9.10. The lowest BCUT2D eigenvalue weighted by Gasteiger charge is -2.44. The molecule has 1 saturated carbocycles. The maximum absolute atomic E-state index is 12.7. The number of rotatable bonds is 4. The summed E-state index contributed by atoms with van der Waals surface area (Å²) in [5.41, 5.74) is -0.203. The zero-order valence-electron chi connectivity index (χ0n) is 17.2. The van der Waals surface area contributed by atoms with Crippen LogP contribution in [0.25, 0.3) is 0 Å². The first-order valence-corrected chi connectivity index (χ1v) is 10.4. The second kappa shape index (κ2) is 5.78. The van der Waals surface area contributed by atoms with E-state index >= 15 is 0 Å². The number of alkyl halides is 1. The molecule has 2 aliphatic carbocycles. The van der Waals surface area contributed by atoms with Crippen molar-refractivity contribution >= 4 is 21.7 Å². The van der Waals surface area contributed by atoms with Gasteiger partial charge >= 0.3 is 0 Å². The predicted octanol–water partition coefficient (Wildman–Crippen LogP) is 5.43. The Balaban J connectivity index is 2.05. The van der Waals surface area contributed by atoms with Crippen molar-refractivity contribution in [3.05, 3.63) is 24.8 Å². The molecule has 3 aliphatic rings. The summed E-state index contributed by atoms with van der Waals surface area (Å²) in [4.78, 5) is 12.7. The Kier molecular flexibility index (Phi) is 4.51. The Hall–Kier alpha value is -0.450. The first-order valence-electron chi connectivity index (χ1n) is 9.62. The van der Waals surface area contributed by atoms with Crippen LogP contribution >= 0.6 is 15.9 Å². The van der Waals surface area contributed by atoms with E-state index in [-0.39, 0.29) is 44.5 Å². The fourth-order valence-electron chi connectivity index (χ4n) is 5.41. The standard InChI is InChI=1S/C22H33BrO3/c1-9-15(24)14-12-10-11-13-21(14,8)16-17(26-20(6,7)25-16)22(23)18(2,3)19(22,4)5/h9-11,14,16-17H,1,12-13H2,2-8H3/t14-,16-,17-,21+/m0/s1. The molecule has 1 saturated heterocycles. The molecule has 4 atom stereocenters. The van der Waals surface area contributed by atoms with Gasteiger partial charge in [0.05, 0.1) is 10.4 Å². The molecule has 0 aromatic rings. The SMILES string of the molecule is C=CC(=O)[C@@H]1CC=CC[C@@]1(C)[C@H]1OC(C)(C)O[C@@H]1C1(Br)C(C)(C)C1(C)C. The summed E-state index contributed by atoms with van der Waals surface area (Å²) in [7, 11) is 0. The third kappa shape index (κ3) is 2.41. The molecular formula is C22H33BrO3. The third-order valence-electron chi connectivity index (χ3n) is 7.89. The van der Waals surface area contributed by atoms with Crippen LogP contribution in [0.2, 0.25) is 0 Å². The van der Waals surface area contributed by atoms with E-state index < -0.39 is 5.79 Å². The van der Waals surface area contributed by atoms with Crippen molar-refractivity contribution in [2.75, 3.05) is 0 Å². The van der Waals surface area contributed by atoms with Crippen LogP contribution in [-0.2, 0) is 14.3 Å². The Morgan fingerprint density at radius 1 is 1.04 bits per heavy atom. The van der Waals surface area contributed by atoms with Crippen LogP contribution < -0.4 is 0 Å². The van der Waals surface area contributed by atoms with Gasteiger partial charge in [0, 0.05) is 11.3 Å². The molecule has 0 aromatic carbocycles. The first kappa shape index (κ1) is 20.3. The van der Waals surface area contributed by atoms with Gasteiger partial charge in [-0.15, -0.1) is 0 Å². The molecular weight excluding hydrogens is 392 g/mol. The number of allylic oxidation sites excluding steroid dienone is 3. The average Bonchev–Trinajstić information content (AvgIpc) is 2.81. The maximum Gasteiger partial charge on any atom is 0.163 e. The van der Waals surface area contributed by atoms with E-state index in [1.54, 1.807) is 0 Å². The van der Waals surface area contributed by atoms with Crippen molar-refractivity contribution in [3.63, 3.8) is 0 Å². The van der Waals surface area contributed by atoms with E-state index in [2.05, 4.69) is 69.3 Å². The fraction of sp³-hybridized carbons (Fsp3) is 0.773. The molecule has 2 fully saturated rings. The van der Waals surface area contributed by atoms with Crippen LogP contribution in [0.1, 0.15) is 61.3 Å².